The molecule has 0 aromatic heterocycles. The van der Waals surface area contributed by atoms with Crippen molar-refractivity contribution in [1.82, 2.24) is 5.32 Å². The molecule has 1 aromatic carbocycles. The maximum absolute atomic E-state index is 13.2. The van der Waals surface area contributed by atoms with Gasteiger partial charge in [-0.2, -0.15) is 0 Å². The summed E-state index contributed by atoms with van der Waals surface area (Å²) in [5.41, 5.74) is 0.621. The minimum absolute atomic E-state index is 0.193. The van der Waals surface area contributed by atoms with Gasteiger partial charge in [0.15, 0.2) is 0 Å². The van der Waals surface area contributed by atoms with E-state index in [1.165, 1.54) is 18.9 Å². The highest BCUT2D eigenvalue weighted by Crippen LogP contribution is 2.06. The maximum atomic E-state index is 13.2. The van der Waals surface area contributed by atoms with Crippen molar-refractivity contribution in [2.24, 2.45) is 0 Å². The number of hydrogen-bond acceptors (Lipinski definition) is 2. The lowest BCUT2D eigenvalue weighted by atomic mass is 10.2. The van der Waals surface area contributed by atoms with E-state index in [1.807, 2.05) is 6.07 Å². The fourth-order valence-corrected chi connectivity index (χ4v) is 1.37. The van der Waals surface area contributed by atoms with Gasteiger partial charge in [-0.15, -0.1) is 0 Å². The number of ether oxygens (including phenoxy) is 1. The van der Waals surface area contributed by atoms with Gasteiger partial charge in [0, 0.05) is 12.1 Å². The molecule has 0 heterocycles. The fourth-order valence-electron chi connectivity index (χ4n) is 1.37. The average Bonchev–Trinajstić information content (AvgIpc) is 2.30. The summed E-state index contributed by atoms with van der Waals surface area (Å²) in [7, 11) is 0. The van der Waals surface area contributed by atoms with E-state index >= 15 is 0 Å². The van der Waals surface area contributed by atoms with E-state index in [-0.39, 0.29) is 5.82 Å². The highest BCUT2D eigenvalue weighted by molar-refractivity contribution is 5.16. The van der Waals surface area contributed by atoms with Crippen molar-refractivity contribution in [3.05, 3.63) is 35.6 Å². The SMILES string of the molecule is CCCCNCCOCc1ccccc1F. The molecule has 0 aliphatic heterocycles. The lowest BCUT2D eigenvalue weighted by molar-refractivity contribution is 0.120. The van der Waals surface area contributed by atoms with Crippen LogP contribution in [0.25, 0.3) is 0 Å². The smallest absolute Gasteiger partial charge is 0.128 e. The standard InChI is InChI=1S/C13H20FNO/c1-2-3-8-15-9-10-16-11-12-6-4-5-7-13(12)14/h4-7,15H,2-3,8-11H2,1H3. The van der Waals surface area contributed by atoms with E-state index in [1.54, 1.807) is 12.1 Å². The molecule has 0 bridgehead atoms. The van der Waals surface area contributed by atoms with Gasteiger partial charge in [-0.1, -0.05) is 31.5 Å². The Kier molecular flexibility index (Phi) is 6.77. The molecule has 0 spiro atoms. The van der Waals surface area contributed by atoms with E-state index in [0.29, 0.717) is 18.8 Å². The van der Waals surface area contributed by atoms with Gasteiger partial charge in [-0.3, -0.25) is 0 Å². The maximum Gasteiger partial charge on any atom is 0.128 e. The quantitative estimate of drug-likeness (QED) is 0.687. The van der Waals surface area contributed by atoms with Gasteiger partial charge >= 0.3 is 0 Å². The number of nitrogens with one attached hydrogen (secondary N) is 1. The molecule has 0 amide bonds. The molecule has 0 atom stereocenters. The fraction of sp³-hybridized carbons (Fsp3) is 0.538. The second-order valence-corrected chi connectivity index (χ2v) is 3.75. The molecule has 90 valence electrons. The molecule has 1 rings (SSSR count). The molecule has 16 heavy (non-hydrogen) atoms. The summed E-state index contributed by atoms with van der Waals surface area (Å²) in [4.78, 5) is 0. The first-order valence-electron chi connectivity index (χ1n) is 5.86. The molecule has 3 heteroatoms. The predicted octanol–water partition coefficient (Wildman–Crippen LogP) is 2.73. The summed E-state index contributed by atoms with van der Waals surface area (Å²) in [6, 6.07) is 6.71. The third-order valence-electron chi connectivity index (χ3n) is 2.35. The van der Waals surface area contributed by atoms with Gasteiger partial charge in [0.2, 0.25) is 0 Å². The first kappa shape index (κ1) is 13.1. The molecule has 0 unspecified atom stereocenters. The monoisotopic (exact) mass is 225 g/mol. The van der Waals surface area contributed by atoms with Crippen LogP contribution in [0.1, 0.15) is 25.3 Å². The van der Waals surface area contributed by atoms with Crippen LogP contribution in [0.15, 0.2) is 24.3 Å². The first-order valence-corrected chi connectivity index (χ1v) is 5.86. The van der Waals surface area contributed by atoms with Gasteiger partial charge in [-0.25, -0.2) is 4.39 Å². The molecule has 1 aromatic rings. The van der Waals surface area contributed by atoms with Crippen LogP contribution in [-0.2, 0) is 11.3 Å². The molecule has 0 saturated carbocycles. The first-order chi connectivity index (χ1) is 7.84. The Bertz CT molecular complexity index is 291. The van der Waals surface area contributed by atoms with Crippen LogP contribution >= 0.6 is 0 Å². The number of hydrogen-bond donors (Lipinski definition) is 1. The minimum Gasteiger partial charge on any atom is -0.375 e. The number of halogens is 1. The summed E-state index contributed by atoms with van der Waals surface area (Å²) in [5.74, 6) is -0.193. The predicted molar refractivity (Wildman–Crippen MR) is 63.8 cm³/mol. The second kappa shape index (κ2) is 8.25. The van der Waals surface area contributed by atoms with E-state index in [4.69, 9.17) is 4.74 Å². The Morgan fingerprint density at radius 1 is 1.25 bits per heavy atom. The van der Waals surface area contributed by atoms with Crippen LogP contribution in [0.5, 0.6) is 0 Å². The van der Waals surface area contributed by atoms with Gasteiger partial charge in [0.25, 0.3) is 0 Å². The second-order valence-electron chi connectivity index (χ2n) is 3.75. The molecular formula is C13H20FNO. The molecule has 1 N–H and O–H groups in total. The van der Waals surface area contributed by atoms with Crippen LogP contribution in [0.4, 0.5) is 4.39 Å². The Morgan fingerprint density at radius 2 is 2.06 bits per heavy atom. The van der Waals surface area contributed by atoms with Crippen molar-refractivity contribution in [2.75, 3.05) is 19.7 Å². The zero-order chi connectivity index (χ0) is 11.6. The van der Waals surface area contributed by atoms with Crippen molar-refractivity contribution in [3.8, 4) is 0 Å². The summed E-state index contributed by atoms with van der Waals surface area (Å²) in [5, 5.41) is 3.27. The topological polar surface area (TPSA) is 21.3 Å². The third kappa shape index (κ3) is 5.24. The van der Waals surface area contributed by atoms with Crippen LogP contribution in [-0.4, -0.2) is 19.7 Å². The van der Waals surface area contributed by atoms with Crippen molar-refractivity contribution in [2.45, 2.75) is 26.4 Å². The van der Waals surface area contributed by atoms with E-state index in [9.17, 15) is 4.39 Å². The molecule has 0 aliphatic carbocycles. The van der Waals surface area contributed by atoms with Gasteiger partial charge in [0.05, 0.1) is 13.2 Å². The van der Waals surface area contributed by atoms with Crippen LogP contribution in [0.3, 0.4) is 0 Å². The van der Waals surface area contributed by atoms with Crippen LogP contribution in [0.2, 0.25) is 0 Å². The van der Waals surface area contributed by atoms with Gasteiger partial charge in [-0.05, 0) is 19.0 Å². The Morgan fingerprint density at radius 3 is 2.81 bits per heavy atom. The zero-order valence-corrected chi connectivity index (χ0v) is 9.84. The van der Waals surface area contributed by atoms with Crippen LogP contribution < -0.4 is 5.32 Å². The normalized spacial score (nSPS) is 10.6. The minimum atomic E-state index is -0.193. The van der Waals surface area contributed by atoms with Crippen molar-refractivity contribution < 1.29 is 9.13 Å². The van der Waals surface area contributed by atoms with Crippen molar-refractivity contribution in [1.29, 1.82) is 0 Å². The molecule has 2 nitrogen and oxygen atoms in total. The highest BCUT2D eigenvalue weighted by atomic mass is 19.1. The van der Waals surface area contributed by atoms with Gasteiger partial charge < -0.3 is 10.1 Å². The Hall–Kier alpha value is -0.930. The molecule has 0 aliphatic rings. The Balaban J connectivity index is 2.05. The lowest BCUT2D eigenvalue weighted by Crippen LogP contribution is -2.20. The molecular weight excluding hydrogens is 205 g/mol. The highest BCUT2D eigenvalue weighted by Gasteiger charge is 1.99. The van der Waals surface area contributed by atoms with E-state index in [2.05, 4.69) is 12.2 Å². The van der Waals surface area contributed by atoms with Crippen molar-refractivity contribution >= 4 is 0 Å². The summed E-state index contributed by atoms with van der Waals surface area (Å²) in [6.07, 6.45) is 2.39. The molecule has 0 fully saturated rings. The number of unbranched alkanes of at least 4 members (excludes halogenated alkanes) is 1. The number of benzene rings is 1. The molecule has 0 saturated heterocycles. The Labute approximate surface area is 96.8 Å². The molecule has 0 radical (unpaired) electrons. The van der Waals surface area contributed by atoms with E-state index < -0.39 is 0 Å². The lowest BCUT2D eigenvalue weighted by Gasteiger charge is -2.06. The van der Waals surface area contributed by atoms with E-state index in [0.717, 1.165) is 13.1 Å². The van der Waals surface area contributed by atoms with Crippen LogP contribution in [0, 0.1) is 5.82 Å². The van der Waals surface area contributed by atoms with Gasteiger partial charge in [0.1, 0.15) is 5.82 Å². The summed E-state index contributed by atoms with van der Waals surface area (Å²) in [6.45, 7) is 4.99. The largest absolute Gasteiger partial charge is 0.375 e. The average molecular weight is 225 g/mol. The summed E-state index contributed by atoms with van der Waals surface area (Å²) < 4.78 is 18.5. The third-order valence-corrected chi connectivity index (χ3v) is 2.35. The zero-order valence-electron chi connectivity index (χ0n) is 9.84. The number of rotatable bonds is 8. The summed E-state index contributed by atoms with van der Waals surface area (Å²) >= 11 is 0. The van der Waals surface area contributed by atoms with Crippen molar-refractivity contribution in [3.63, 3.8) is 0 Å².